The molecule has 3 rings (SSSR count). The molecule has 158 valence electrons. The van der Waals surface area contributed by atoms with E-state index in [2.05, 4.69) is 45.5 Å². The molecule has 0 bridgehead atoms. The van der Waals surface area contributed by atoms with Gasteiger partial charge in [0.25, 0.3) is 0 Å². The van der Waals surface area contributed by atoms with Crippen LogP contribution in [0.1, 0.15) is 31.4 Å². The Morgan fingerprint density at radius 2 is 1.66 bits per heavy atom. The van der Waals surface area contributed by atoms with E-state index in [9.17, 15) is 13.2 Å². The summed E-state index contributed by atoms with van der Waals surface area (Å²) in [5.41, 5.74) is 1.28. The molecule has 1 fully saturated rings. The Morgan fingerprint density at radius 3 is 2.28 bits per heavy atom. The first-order chi connectivity index (χ1) is 13.8. The number of nitrogens with zero attached hydrogens (tertiary/aromatic N) is 1. The number of nitrogens with one attached hydrogen (secondary N) is 1. The second kappa shape index (κ2) is 9.73. The Labute approximate surface area is 173 Å². The highest BCUT2D eigenvalue weighted by Gasteiger charge is 2.31. The van der Waals surface area contributed by atoms with Gasteiger partial charge in [-0.25, -0.2) is 4.31 Å². The average molecular weight is 427 g/mol. The van der Waals surface area contributed by atoms with E-state index in [0.29, 0.717) is 5.75 Å². The monoisotopic (exact) mass is 426 g/mol. The minimum Gasteiger partial charge on any atom is -0.490 e. The number of benzene rings is 2. The van der Waals surface area contributed by atoms with E-state index in [4.69, 9.17) is 4.74 Å². The summed E-state index contributed by atoms with van der Waals surface area (Å²) in [5.74, 6) is 0.310. The third-order valence-corrected chi connectivity index (χ3v) is 6.00. The Kier molecular flexibility index (Phi) is 7.32. The molecular formula is C21H25F3N2O2S. The van der Waals surface area contributed by atoms with Crippen molar-refractivity contribution in [2.24, 2.45) is 0 Å². The molecule has 0 saturated carbocycles. The molecule has 2 aromatic rings. The van der Waals surface area contributed by atoms with E-state index in [1.807, 2.05) is 7.05 Å². The highest BCUT2D eigenvalue weighted by atomic mass is 32.2. The van der Waals surface area contributed by atoms with Crippen LogP contribution in [0.3, 0.4) is 0 Å². The molecule has 1 N–H and O–H groups in total. The maximum atomic E-state index is 12.2. The van der Waals surface area contributed by atoms with Crippen LogP contribution >= 0.6 is 11.9 Å². The summed E-state index contributed by atoms with van der Waals surface area (Å²) in [7, 11) is 1.96. The smallest absolute Gasteiger partial charge is 0.490 e. The van der Waals surface area contributed by atoms with Crippen molar-refractivity contribution in [3.8, 4) is 11.5 Å². The van der Waals surface area contributed by atoms with Gasteiger partial charge >= 0.3 is 6.36 Å². The first kappa shape index (κ1) is 21.8. The average Bonchev–Trinajstić information content (AvgIpc) is 2.70. The first-order valence-electron chi connectivity index (χ1n) is 9.55. The van der Waals surface area contributed by atoms with Crippen molar-refractivity contribution in [3.63, 3.8) is 0 Å². The van der Waals surface area contributed by atoms with Crippen LogP contribution in [0.2, 0.25) is 0 Å². The molecule has 8 heteroatoms. The van der Waals surface area contributed by atoms with Crippen LogP contribution in [0.5, 0.6) is 11.5 Å². The summed E-state index contributed by atoms with van der Waals surface area (Å²) in [4.78, 5) is 1.24. The van der Waals surface area contributed by atoms with Gasteiger partial charge in [-0.1, -0.05) is 18.2 Å². The fraction of sp³-hybridized carbons (Fsp3) is 0.429. The Bertz CT molecular complexity index is 778. The van der Waals surface area contributed by atoms with E-state index in [0.717, 1.165) is 25.9 Å². The molecule has 0 spiro atoms. The number of ether oxygens (including phenoxy) is 2. The van der Waals surface area contributed by atoms with E-state index in [-0.39, 0.29) is 17.9 Å². The van der Waals surface area contributed by atoms with Crippen LogP contribution < -0.4 is 14.8 Å². The summed E-state index contributed by atoms with van der Waals surface area (Å²) >= 11 is 1.77. The second-order valence-electron chi connectivity index (χ2n) is 6.90. The Hall–Kier alpha value is -1.90. The maximum absolute atomic E-state index is 12.2. The lowest BCUT2D eigenvalue weighted by Crippen LogP contribution is -2.34. The van der Waals surface area contributed by atoms with Gasteiger partial charge < -0.3 is 14.8 Å². The lowest BCUT2D eigenvalue weighted by atomic mass is 10.1. The maximum Gasteiger partial charge on any atom is 0.573 e. The number of rotatable bonds is 7. The Balaban J connectivity index is 1.50. The molecule has 4 nitrogen and oxygen atoms in total. The number of hydrogen-bond donors (Lipinski definition) is 1. The van der Waals surface area contributed by atoms with Gasteiger partial charge in [0.1, 0.15) is 17.6 Å². The molecule has 1 aliphatic rings. The summed E-state index contributed by atoms with van der Waals surface area (Å²) in [6, 6.07) is 14.2. The van der Waals surface area contributed by atoms with Crippen molar-refractivity contribution < 1.29 is 22.6 Å². The molecule has 0 aliphatic carbocycles. The van der Waals surface area contributed by atoms with Gasteiger partial charge in [-0.05, 0) is 74.7 Å². The number of hydrogen-bond acceptors (Lipinski definition) is 5. The van der Waals surface area contributed by atoms with E-state index in [1.165, 1.54) is 34.7 Å². The lowest BCUT2D eigenvalue weighted by molar-refractivity contribution is -0.274. The summed E-state index contributed by atoms with van der Waals surface area (Å²) < 4.78 is 48.9. The van der Waals surface area contributed by atoms with Gasteiger partial charge in [0.15, 0.2) is 0 Å². The largest absolute Gasteiger partial charge is 0.573 e. The van der Waals surface area contributed by atoms with Crippen LogP contribution in [0, 0.1) is 0 Å². The van der Waals surface area contributed by atoms with Gasteiger partial charge in [0.05, 0.1) is 0 Å². The van der Waals surface area contributed by atoms with Gasteiger partial charge in [-0.15, -0.1) is 13.2 Å². The van der Waals surface area contributed by atoms with Crippen molar-refractivity contribution in [2.75, 3.05) is 20.1 Å². The summed E-state index contributed by atoms with van der Waals surface area (Å²) in [5, 5.41) is 3.29. The highest BCUT2D eigenvalue weighted by molar-refractivity contribution is 7.97. The predicted octanol–water partition coefficient (Wildman–Crippen LogP) is 5.42. The van der Waals surface area contributed by atoms with Crippen molar-refractivity contribution in [1.82, 2.24) is 9.62 Å². The SMILES string of the molecule is CNC(C)c1ccccc1SN1CCC(Oc2ccc(OC(F)(F)F)cc2)CC1. The molecule has 0 amide bonds. The molecule has 1 aliphatic heterocycles. The van der Waals surface area contributed by atoms with Crippen molar-refractivity contribution in [1.29, 1.82) is 0 Å². The molecule has 1 saturated heterocycles. The fourth-order valence-corrected chi connectivity index (χ4v) is 4.33. The third-order valence-electron chi connectivity index (χ3n) is 4.81. The van der Waals surface area contributed by atoms with Crippen LogP contribution in [-0.4, -0.2) is 36.9 Å². The van der Waals surface area contributed by atoms with E-state index in [1.54, 1.807) is 11.9 Å². The van der Waals surface area contributed by atoms with Crippen LogP contribution in [0.15, 0.2) is 53.4 Å². The fourth-order valence-electron chi connectivity index (χ4n) is 3.17. The van der Waals surface area contributed by atoms with E-state index < -0.39 is 6.36 Å². The second-order valence-corrected chi connectivity index (χ2v) is 8.04. The molecule has 0 aromatic heterocycles. The number of alkyl halides is 3. The molecule has 1 unspecified atom stereocenters. The van der Waals surface area contributed by atoms with Gasteiger partial charge in [0.2, 0.25) is 0 Å². The number of piperidine rings is 1. The van der Waals surface area contributed by atoms with Crippen molar-refractivity contribution in [3.05, 3.63) is 54.1 Å². The molecule has 0 radical (unpaired) electrons. The standard InChI is InChI=1S/C21H25F3N2O2S/c1-15(25-2)19-5-3-4-6-20(19)29-26-13-11-17(12-14-26)27-16-7-9-18(10-8-16)28-21(22,23)24/h3-10,15,17,25H,11-14H2,1-2H3. The normalized spacial score (nSPS) is 17.1. The Morgan fingerprint density at radius 1 is 1.03 bits per heavy atom. The van der Waals surface area contributed by atoms with Gasteiger partial charge in [-0.2, -0.15) is 0 Å². The molecule has 29 heavy (non-hydrogen) atoms. The van der Waals surface area contributed by atoms with Gasteiger partial charge in [0, 0.05) is 24.0 Å². The summed E-state index contributed by atoms with van der Waals surface area (Å²) in [6.45, 7) is 3.91. The van der Waals surface area contributed by atoms with Crippen molar-refractivity contribution in [2.45, 2.75) is 43.2 Å². The van der Waals surface area contributed by atoms with Gasteiger partial charge in [-0.3, -0.25) is 0 Å². The molecular weight excluding hydrogens is 401 g/mol. The summed E-state index contributed by atoms with van der Waals surface area (Å²) in [6.07, 6.45) is -2.92. The van der Waals surface area contributed by atoms with Crippen LogP contribution in [0.4, 0.5) is 13.2 Å². The van der Waals surface area contributed by atoms with E-state index >= 15 is 0 Å². The predicted molar refractivity (Wildman–Crippen MR) is 108 cm³/mol. The third kappa shape index (κ3) is 6.55. The molecule has 2 aromatic carbocycles. The quantitative estimate of drug-likeness (QED) is 0.598. The topological polar surface area (TPSA) is 33.7 Å². The van der Waals surface area contributed by atoms with Crippen LogP contribution in [0.25, 0.3) is 0 Å². The first-order valence-corrected chi connectivity index (χ1v) is 10.3. The lowest BCUT2D eigenvalue weighted by Gasteiger charge is -2.32. The highest BCUT2D eigenvalue weighted by Crippen LogP contribution is 2.33. The minimum atomic E-state index is -4.68. The zero-order valence-electron chi connectivity index (χ0n) is 16.4. The molecule has 1 heterocycles. The minimum absolute atomic E-state index is 0.0488. The zero-order valence-corrected chi connectivity index (χ0v) is 17.2. The van der Waals surface area contributed by atoms with Crippen molar-refractivity contribution >= 4 is 11.9 Å². The number of halogens is 3. The zero-order chi connectivity index (χ0) is 20.9. The molecule has 1 atom stereocenters. The van der Waals surface area contributed by atoms with Crippen LogP contribution in [-0.2, 0) is 0 Å².